The zero-order valence-electron chi connectivity index (χ0n) is 12.3. The van der Waals surface area contributed by atoms with Crippen molar-refractivity contribution < 1.29 is 9.90 Å². The molecule has 0 aliphatic heterocycles. The summed E-state index contributed by atoms with van der Waals surface area (Å²) in [4.78, 5) is 11.7. The van der Waals surface area contributed by atoms with Gasteiger partial charge in [0.1, 0.15) is 4.88 Å². The van der Waals surface area contributed by atoms with E-state index < -0.39 is 5.97 Å². The maximum Gasteiger partial charge on any atom is 0.346 e. The Morgan fingerprint density at radius 1 is 1.29 bits per heavy atom. The number of hydrogen-bond acceptors (Lipinski definition) is 3. The van der Waals surface area contributed by atoms with E-state index in [0.29, 0.717) is 10.4 Å². The van der Waals surface area contributed by atoms with Gasteiger partial charge in [0.25, 0.3) is 0 Å². The third-order valence-electron chi connectivity index (χ3n) is 3.37. The van der Waals surface area contributed by atoms with Gasteiger partial charge in [-0.05, 0) is 27.5 Å². The number of carboxylic acids is 1. The van der Waals surface area contributed by atoms with Gasteiger partial charge in [-0.3, -0.25) is 0 Å². The van der Waals surface area contributed by atoms with Gasteiger partial charge in [-0.1, -0.05) is 45.0 Å². The number of benzene rings is 1. The fourth-order valence-corrected chi connectivity index (χ4v) is 3.15. The fraction of sp³-hybridized carbons (Fsp3) is 0.294. The lowest BCUT2D eigenvalue weighted by atomic mass is 9.86. The molecule has 3 nitrogen and oxygen atoms in total. The Morgan fingerprint density at radius 3 is 2.38 bits per heavy atom. The molecule has 0 aliphatic carbocycles. The smallest absolute Gasteiger partial charge is 0.346 e. The van der Waals surface area contributed by atoms with E-state index in [1.165, 1.54) is 16.9 Å². The van der Waals surface area contributed by atoms with Crippen LogP contribution in [0.25, 0.3) is 11.1 Å². The average Bonchev–Trinajstić information content (AvgIpc) is 2.82. The van der Waals surface area contributed by atoms with Gasteiger partial charge in [0.15, 0.2) is 0 Å². The Hall–Kier alpha value is -2.12. The molecule has 0 fully saturated rings. The lowest BCUT2D eigenvalue weighted by Crippen LogP contribution is -2.10. The van der Waals surface area contributed by atoms with Crippen LogP contribution in [0.2, 0.25) is 0 Å². The second-order valence-corrected chi connectivity index (χ2v) is 6.81. The molecule has 0 unspecified atom stereocenters. The second kappa shape index (κ2) is 5.71. The molecule has 0 spiro atoms. The quantitative estimate of drug-likeness (QED) is 0.909. The molecule has 2 rings (SSSR count). The van der Waals surface area contributed by atoms with Crippen LogP contribution in [0.5, 0.6) is 0 Å². The summed E-state index contributed by atoms with van der Waals surface area (Å²) in [5.74, 6) is -0.945. The van der Waals surface area contributed by atoms with Crippen molar-refractivity contribution in [2.75, 3.05) is 0 Å². The summed E-state index contributed by atoms with van der Waals surface area (Å²) < 4.78 is 0. The molecule has 0 radical (unpaired) electrons. The monoisotopic (exact) mass is 299 g/mol. The molecule has 108 valence electrons. The van der Waals surface area contributed by atoms with Crippen LogP contribution < -0.4 is 0 Å². The molecule has 0 amide bonds. The van der Waals surface area contributed by atoms with Crippen molar-refractivity contribution in [1.29, 1.82) is 5.26 Å². The molecule has 1 aromatic heterocycles. The first-order valence-corrected chi connectivity index (χ1v) is 7.54. The summed E-state index contributed by atoms with van der Waals surface area (Å²) in [6.45, 7) is 6.41. The van der Waals surface area contributed by atoms with E-state index in [1.54, 1.807) is 5.38 Å². The number of aromatic carboxylic acids is 1. The van der Waals surface area contributed by atoms with Crippen molar-refractivity contribution in [3.8, 4) is 17.2 Å². The molecule has 4 heteroatoms. The van der Waals surface area contributed by atoms with Crippen molar-refractivity contribution in [2.24, 2.45) is 0 Å². The number of hydrogen-bond donors (Lipinski definition) is 1. The Kier molecular flexibility index (Phi) is 4.15. The minimum absolute atomic E-state index is 0.0539. The lowest BCUT2D eigenvalue weighted by molar-refractivity contribution is 0.0703. The highest BCUT2D eigenvalue weighted by molar-refractivity contribution is 7.12. The first kappa shape index (κ1) is 15.3. The molecule has 0 saturated carbocycles. The number of carbonyl (C=O) groups is 1. The van der Waals surface area contributed by atoms with Gasteiger partial charge in [0.05, 0.1) is 12.5 Å². The number of carboxylic acid groups (broad SMARTS) is 1. The molecule has 2 aromatic rings. The van der Waals surface area contributed by atoms with Crippen LogP contribution in [0.1, 0.15) is 41.6 Å². The van der Waals surface area contributed by atoms with Crippen LogP contribution in [-0.2, 0) is 11.8 Å². The molecule has 0 aliphatic rings. The number of nitrogens with zero attached hydrogens (tertiary/aromatic N) is 1. The second-order valence-electron chi connectivity index (χ2n) is 5.93. The Bertz CT molecular complexity index is 700. The molecule has 0 bridgehead atoms. The van der Waals surface area contributed by atoms with E-state index in [2.05, 4.69) is 26.8 Å². The van der Waals surface area contributed by atoms with Crippen LogP contribution in [0, 0.1) is 11.3 Å². The topological polar surface area (TPSA) is 61.1 Å². The van der Waals surface area contributed by atoms with E-state index in [0.717, 1.165) is 11.1 Å². The molecule has 0 atom stereocenters. The molecule has 21 heavy (non-hydrogen) atoms. The standard InChI is InChI=1S/C17H17NO2S/c1-17(2,3)13-6-4-11(5-7-13)14-12(8-9-18)10-21-15(14)16(19)20/h4-7,10H,8H2,1-3H3,(H,19,20). The summed E-state index contributed by atoms with van der Waals surface area (Å²) in [5, 5.41) is 20.0. The van der Waals surface area contributed by atoms with Gasteiger partial charge in [-0.25, -0.2) is 4.79 Å². The van der Waals surface area contributed by atoms with Gasteiger partial charge in [0, 0.05) is 5.56 Å². The molecule has 1 aromatic carbocycles. The van der Waals surface area contributed by atoms with Crippen molar-refractivity contribution in [3.63, 3.8) is 0 Å². The van der Waals surface area contributed by atoms with Gasteiger partial charge >= 0.3 is 5.97 Å². The van der Waals surface area contributed by atoms with Crippen molar-refractivity contribution in [1.82, 2.24) is 0 Å². The highest BCUT2D eigenvalue weighted by atomic mass is 32.1. The van der Waals surface area contributed by atoms with Gasteiger partial charge < -0.3 is 5.11 Å². The zero-order chi connectivity index (χ0) is 15.6. The Morgan fingerprint density at radius 2 is 1.90 bits per heavy atom. The van der Waals surface area contributed by atoms with E-state index in [1.807, 2.05) is 24.3 Å². The van der Waals surface area contributed by atoms with Gasteiger partial charge in [-0.15, -0.1) is 11.3 Å². The summed E-state index contributed by atoms with van der Waals surface area (Å²) in [6.07, 6.45) is 0.222. The fourth-order valence-electron chi connectivity index (χ4n) is 2.22. The number of rotatable bonds is 3. The number of thiophene rings is 1. The highest BCUT2D eigenvalue weighted by Gasteiger charge is 2.19. The Labute approximate surface area is 128 Å². The molecule has 1 heterocycles. The van der Waals surface area contributed by atoms with Gasteiger partial charge in [-0.2, -0.15) is 5.26 Å². The van der Waals surface area contributed by atoms with Crippen LogP contribution >= 0.6 is 11.3 Å². The average molecular weight is 299 g/mol. The minimum Gasteiger partial charge on any atom is -0.477 e. The summed E-state index contributed by atoms with van der Waals surface area (Å²) in [5.41, 5.74) is 3.56. The third kappa shape index (κ3) is 3.14. The van der Waals surface area contributed by atoms with E-state index in [9.17, 15) is 9.90 Å². The third-order valence-corrected chi connectivity index (χ3v) is 4.39. The van der Waals surface area contributed by atoms with Crippen LogP contribution in [0.15, 0.2) is 29.6 Å². The predicted octanol–water partition coefficient (Wildman–Crippen LogP) is 4.48. The lowest BCUT2D eigenvalue weighted by Gasteiger charge is -2.19. The maximum absolute atomic E-state index is 11.4. The largest absolute Gasteiger partial charge is 0.477 e. The maximum atomic E-state index is 11.4. The zero-order valence-corrected chi connectivity index (χ0v) is 13.1. The first-order valence-electron chi connectivity index (χ1n) is 6.66. The SMILES string of the molecule is CC(C)(C)c1ccc(-c2c(CC#N)csc2C(=O)O)cc1. The van der Waals surface area contributed by atoms with E-state index >= 15 is 0 Å². The van der Waals surface area contributed by atoms with E-state index in [-0.39, 0.29) is 11.8 Å². The van der Waals surface area contributed by atoms with E-state index in [4.69, 9.17) is 5.26 Å². The minimum atomic E-state index is -0.945. The van der Waals surface area contributed by atoms with Crippen LogP contribution in [0.3, 0.4) is 0 Å². The summed E-state index contributed by atoms with van der Waals surface area (Å²) >= 11 is 1.18. The first-order chi connectivity index (χ1) is 9.84. The summed E-state index contributed by atoms with van der Waals surface area (Å²) in [6, 6.07) is 10.0. The van der Waals surface area contributed by atoms with Crippen LogP contribution in [-0.4, -0.2) is 11.1 Å². The van der Waals surface area contributed by atoms with Gasteiger partial charge in [0.2, 0.25) is 0 Å². The normalized spacial score (nSPS) is 11.1. The summed E-state index contributed by atoms with van der Waals surface area (Å²) in [7, 11) is 0. The molecule has 1 N–H and O–H groups in total. The van der Waals surface area contributed by atoms with Crippen molar-refractivity contribution in [3.05, 3.63) is 45.6 Å². The molecular weight excluding hydrogens is 282 g/mol. The predicted molar refractivity (Wildman–Crippen MR) is 84.7 cm³/mol. The number of nitriles is 1. The Balaban J connectivity index is 2.53. The van der Waals surface area contributed by atoms with Crippen molar-refractivity contribution >= 4 is 17.3 Å². The van der Waals surface area contributed by atoms with Crippen LogP contribution in [0.4, 0.5) is 0 Å². The van der Waals surface area contributed by atoms with Crippen molar-refractivity contribution in [2.45, 2.75) is 32.6 Å². The highest BCUT2D eigenvalue weighted by Crippen LogP contribution is 2.34. The molecule has 0 saturated heterocycles. The molecular formula is C17H17NO2S.